The first kappa shape index (κ1) is 20.1. The molecule has 8 heteroatoms. The van der Waals surface area contributed by atoms with Crippen LogP contribution in [0.15, 0.2) is 48.5 Å². The van der Waals surface area contributed by atoms with Crippen LogP contribution in [0.2, 0.25) is 0 Å². The zero-order valence-corrected chi connectivity index (χ0v) is 16.0. The number of non-ortho nitro benzene ring substituents is 1. The molecule has 0 saturated carbocycles. The van der Waals surface area contributed by atoms with E-state index in [1.807, 2.05) is 6.07 Å². The normalized spacial score (nSPS) is 13.5. The monoisotopic (exact) mass is 395 g/mol. The summed E-state index contributed by atoms with van der Waals surface area (Å²) in [4.78, 5) is 36.7. The topological polar surface area (TPSA) is 102 Å². The third kappa shape index (κ3) is 4.98. The number of methoxy groups -OCH3 is 1. The molecule has 0 radical (unpaired) electrons. The van der Waals surface area contributed by atoms with Crippen molar-refractivity contribution in [1.82, 2.24) is 0 Å². The molecule has 1 heterocycles. The molecule has 2 aromatic carbocycles. The summed E-state index contributed by atoms with van der Waals surface area (Å²) in [6.07, 6.45) is 5.07. The van der Waals surface area contributed by atoms with Crippen molar-refractivity contribution in [2.75, 3.05) is 30.4 Å². The Morgan fingerprint density at radius 1 is 1.14 bits per heavy atom. The van der Waals surface area contributed by atoms with Crippen LogP contribution in [-0.2, 0) is 9.53 Å². The van der Waals surface area contributed by atoms with Crippen LogP contribution in [0.5, 0.6) is 0 Å². The largest absolute Gasteiger partial charge is 0.465 e. The van der Waals surface area contributed by atoms with Crippen molar-refractivity contribution in [2.24, 2.45) is 0 Å². The van der Waals surface area contributed by atoms with Gasteiger partial charge in [0.1, 0.15) is 0 Å². The van der Waals surface area contributed by atoms with Gasteiger partial charge >= 0.3 is 5.97 Å². The lowest BCUT2D eigenvalue weighted by Crippen LogP contribution is -2.21. The summed E-state index contributed by atoms with van der Waals surface area (Å²) in [6.45, 7) is 1.78. The van der Waals surface area contributed by atoms with Gasteiger partial charge in [0.2, 0.25) is 5.91 Å². The Bertz CT molecular complexity index is 947. The maximum absolute atomic E-state index is 12.4. The Morgan fingerprint density at radius 2 is 1.83 bits per heavy atom. The van der Waals surface area contributed by atoms with Gasteiger partial charge in [-0.15, -0.1) is 0 Å². The molecule has 0 unspecified atom stereocenters. The molecule has 3 rings (SSSR count). The van der Waals surface area contributed by atoms with Crippen molar-refractivity contribution in [3.8, 4) is 0 Å². The van der Waals surface area contributed by atoms with Crippen molar-refractivity contribution in [3.05, 3.63) is 69.8 Å². The standard InChI is InChI=1S/C21H21N3O5/c1-29-21(26)16-7-10-19(23-12-2-3-13-23)18(14-16)22-20(25)11-6-15-4-8-17(9-5-15)24(27)28/h4-11,14H,2-3,12-13H2,1H3,(H,22,25)/b11-6+. The quantitative estimate of drug-likeness (QED) is 0.347. The van der Waals surface area contributed by atoms with Gasteiger partial charge < -0.3 is 15.0 Å². The molecule has 1 N–H and O–H groups in total. The van der Waals surface area contributed by atoms with Gasteiger partial charge in [-0.05, 0) is 54.8 Å². The predicted molar refractivity (Wildman–Crippen MR) is 110 cm³/mol. The van der Waals surface area contributed by atoms with E-state index in [2.05, 4.69) is 10.2 Å². The zero-order valence-electron chi connectivity index (χ0n) is 16.0. The fourth-order valence-corrected chi connectivity index (χ4v) is 3.17. The highest BCUT2D eigenvalue weighted by Gasteiger charge is 2.18. The summed E-state index contributed by atoms with van der Waals surface area (Å²) in [6, 6.07) is 11.0. The zero-order chi connectivity index (χ0) is 20.8. The Kier molecular flexibility index (Phi) is 6.23. The Hall–Kier alpha value is -3.68. The third-order valence-corrected chi connectivity index (χ3v) is 4.65. The van der Waals surface area contributed by atoms with Crippen LogP contribution in [0.4, 0.5) is 17.1 Å². The summed E-state index contributed by atoms with van der Waals surface area (Å²) in [5.74, 6) is -0.847. The summed E-state index contributed by atoms with van der Waals surface area (Å²) < 4.78 is 4.77. The van der Waals surface area contributed by atoms with Gasteiger partial charge in [0.25, 0.3) is 5.69 Å². The molecule has 1 saturated heterocycles. The molecule has 8 nitrogen and oxygen atoms in total. The number of esters is 1. The van der Waals surface area contributed by atoms with E-state index in [4.69, 9.17) is 4.74 Å². The lowest BCUT2D eigenvalue weighted by atomic mass is 10.1. The summed E-state index contributed by atoms with van der Waals surface area (Å²) >= 11 is 0. The van der Waals surface area contributed by atoms with Crippen molar-refractivity contribution < 1.29 is 19.2 Å². The molecule has 0 atom stereocenters. The number of nitro benzene ring substituents is 1. The lowest BCUT2D eigenvalue weighted by molar-refractivity contribution is -0.384. The van der Waals surface area contributed by atoms with Crippen LogP contribution >= 0.6 is 0 Å². The smallest absolute Gasteiger partial charge is 0.337 e. The first-order valence-electron chi connectivity index (χ1n) is 9.19. The Balaban J connectivity index is 1.78. The van der Waals surface area contributed by atoms with Crippen LogP contribution in [-0.4, -0.2) is 37.0 Å². The number of hydrogen-bond donors (Lipinski definition) is 1. The maximum atomic E-state index is 12.4. The second kappa shape index (κ2) is 9.01. The van der Waals surface area contributed by atoms with Crippen molar-refractivity contribution in [2.45, 2.75) is 12.8 Å². The minimum absolute atomic E-state index is 0.0125. The first-order chi connectivity index (χ1) is 14.0. The van der Waals surface area contributed by atoms with Crippen LogP contribution < -0.4 is 10.2 Å². The summed E-state index contributed by atoms with van der Waals surface area (Å²) in [7, 11) is 1.31. The average molecular weight is 395 g/mol. The number of anilines is 2. The molecule has 2 aromatic rings. The van der Waals surface area contributed by atoms with E-state index in [0.717, 1.165) is 31.6 Å². The Morgan fingerprint density at radius 3 is 2.45 bits per heavy atom. The fourth-order valence-electron chi connectivity index (χ4n) is 3.17. The molecule has 0 spiro atoms. The molecule has 1 fully saturated rings. The number of carbonyl (C=O) groups excluding carboxylic acids is 2. The average Bonchev–Trinajstić information content (AvgIpc) is 3.26. The number of nitrogens with zero attached hydrogens (tertiary/aromatic N) is 2. The first-order valence-corrected chi connectivity index (χ1v) is 9.19. The van der Waals surface area contributed by atoms with Gasteiger partial charge in [0, 0.05) is 31.3 Å². The van der Waals surface area contributed by atoms with Gasteiger partial charge in [-0.1, -0.05) is 0 Å². The maximum Gasteiger partial charge on any atom is 0.337 e. The predicted octanol–water partition coefficient (Wildman–Crippen LogP) is 3.63. The van der Waals surface area contributed by atoms with Gasteiger partial charge in [0.15, 0.2) is 0 Å². The molecular formula is C21H21N3O5. The van der Waals surface area contributed by atoms with Crippen LogP contribution in [0, 0.1) is 10.1 Å². The molecule has 1 aliphatic rings. The van der Waals surface area contributed by atoms with E-state index < -0.39 is 10.9 Å². The molecule has 150 valence electrons. The van der Waals surface area contributed by atoms with Crippen LogP contribution in [0.3, 0.4) is 0 Å². The molecule has 0 aromatic heterocycles. The van der Waals surface area contributed by atoms with E-state index >= 15 is 0 Å². The molecular weight excluding hydrogens is 374 g/mol. The van der Waals surface area contributed by atoms with Gasteiger partial charge in [0.05, 0.1) is 29.0 Å². The van der Waals surface area contributed by atoms with E-state index in [0.29, 0.717) is 16.8 Å². The third-order valence-electron chi connectivity index (χ3n) is 4.65. The number of hydrogen-bond acceptors (Lipinski definition) is 6. The van der Waals surface area contributed by atoms with Crippen LogP contribution in [0.1, 0.15) is 28.8 Å². The lowest BCUT2D eigenvalue weighted by Gasteiger charge is -2.22. The Labute approximate surface area is 167 Å². The number of carbonyl (C=O) groups is 2. The molecule has 0 bridgehead atoms. The van der Waals surface area contributed by atoms with Gasteiger partial charge in [-0.2, -0.15) is 0 Å². The number of rotatable bonds is 6. The van der Waals surface area contributed by atoms with Crippen molar-refractivity contribution >= 4 is 35.0 Å². The second-order valence-electron chi connectivity index (χ2n) is 6.59. The van der Waals surface area contributed by atoms with Crippen LogP contribution in [0.25, 0.3) is 6.08 Å². The number of benzene rings is 2. The van der Waals surface area contributed by atoms with Gasteiger partial charge in [-0.3, -0.25) is 14.9 Å². The van der Waals surface area contributed by atoms with E-state index in [9.17, 15) is 19.7 Å². The fraction of sp³-hybridized carbons (Fsp3) is 0.238. The minimum atomic E-state index is -0.478. The minimum Gasteiger partial charge on any atom is -0.465 e. The highest BCUT2D eigenvalue weighted by Crippen LogP contribution is 2.30. The van der Waals surface area contributed by atoms with E-state index in [-0.39, 0.29) is 11.6 Å². The van der Waals surface area contributed by atoms with E-state index in [1.165, 1.54) is 25.3 Å². The van der Waals surface area contributed by atoms with Crippen molar-refractivity contribution in [1.29, 1.82) is 0 Å². The number of nitrogens with one attached hydrogen (secondary N) is 1. The van der Waals surface area contributed by atoms with E-state index in [1.54, 1.807) is 30.3 Å². The highest BCUT2D eigenvalue weighted by atomic mass is 16.6. The van der Waals surface area contributed by atoms with Gasteiger partial charge in [-0.25, -0.2) is 4.79 Å². The number of nitro groups is 1. The molecule has 1 aliphatic heterocycles. The second-order valence-corrected chi connectivity index (χ2v) is 6.59. The molecule has 1 amide bonds. The van der Waals surface area contributed by atoms with Crippen molar-refractivity contribution in [3.63, 3.8) is 0 Å². The SMILES string of the molecule is COC(=O)c1ccc(N2CCCC2)c(NC(=O)/C=C/c2ccc([N+](=O)[O-])cc2)c1. The number of amides is 1. The number of ether oxygens (including phenoxy) is 1. The summed E-state index contributed by atoms with van der Waals surface area (Å²) in [5.41, 5.74) is 2.39. The highest BCUT2D eigenvalue weighted by molar-refractivity contribution is 6.05. The summed E-state index contributed by atoms with van der Waals surface area (Å²) in [5, 5.41) is 13.5. The molecule has 0 aliphatic carbocycles. The molecule has 29 heavy (non-hydrogen) atoms.